The molecule has 31 heavy (non-hydrogen) atoms. The number of carbonyl (C=O) groups is 2. The number of ether oxygens (including phenoxy) is 1. The Bertz CT molecular complexity index is 1070. The highest BCUT2D eigenvalue weighted by molar-refractivity contribution is 9.13. The summed E-state index contributed by atoms with van der Waals surface area (Å²) in [5.41, 5.74) is 1.57. The van der Waals surface area contributed by atoms with Gasteiger partial charge in [-0.25, -0.2) is 4.79 Å². The molecule has 0 unspecified atom stereocenters. The molecule has 0 bridgehead atoms. The van der Waals surface area contributed by atoms with Gasteiger partial charge >= 0.3 is 5.97 Å². The molecule has 1 heterocycles. The number of methoxy groups -OCH3 is 1. The van der Waals surface area contributed by atoms with E-state index in [1.165, 1.54) is 24.1 Å². The molecule has 2 aromatic rings. The number of likely N-dealkylation sites (tertiary alicyclic amines) is 1. The Morgan fingerprint density at radius 2 is 1.61 bits per heavy atom. The van der Waals surface area contributed by atoms with Crippen molar-refractivity contribution in [3.63, 3.8) is 0 Å². The fourth-order valence-corrected chi connectivity index (χ4v) is 5.02. The van der Waals surface area contributed by atoms with Crippen molar-refractivity contribution in [1.82, 2.24) is 4.90 Å². The van der Waals surface area contributed by atoms with Crippen LogP contribution in [0.2, 0.25) is 0 Å². The number of amides is 1. The van der Waals surface area contributed by atoms with Crippen molar-refractivity contribution < 1.29 is 34.8 Å². The van der Waals surface area contributed by atoms with Crippen LogP contribution in [0.1, 0.15) is 29.5 Å². The third-order valence-corrected chi connectivity index (χ3v) is 8.22. The molecular weight excluding hydrogens is 606 g/mol. The minimum absolute atomic E-state index is 0.00320. The Kier molecular flexibility index (Phi) is 7.07. The lowest BCUT2D eigenvalue weighted by molar-refractivity contribution is -0.149. The molecule has 1 atom stereocenters. The highest BCUT2D eigenvalue weighted by Gasteiger charge is 2.37. The molecule has 8 nitrogen and oxygen atoms in total. The van der Waals surface area contributed by atoms with Gasteiger partial charge in [0.15, 0.2) is 23.0 Å². The van der Waals surface area contributed by atoms with E-state index in [1.54, 1.807) is 0 Å². The molecule has 3 rings (SSSR count). The number of phenols is 4. The maximum atomic E-state index is 12.4. The van der Waals surface area contributed by atoms with E-state index in [1.807, 2.05) is 0 Å². The topological polar surface area (TPSA) is 128 Å². The van der Waals surface area contributed by atoms with Crippen LogP contribution in [0.15, 0.2) is 25.6 Å². The molecular formula is C20H18Br3NO7. The van der Waals surface area contributed by atoms with Crippen molar-refractivity contribution in [2.24, 2.45) is 0 Å². The number of hydrogen-bond donors (Lipinski definition) is 4. The second-order valence-electron chi connectivity index (χ2n) is 7.00. The van der Waals surface area contributed by atoms with E-state index in [-0.39, 0.29) is 57.2 Å². The molecule has 0 spiro atoms. The lowest BCUT2D eigenvalue weighted by atomic mass is 9.97. The van der Waals surface area contributed by atoms with Crippen LogP contribution in [-0.4, -0.2) is 50.4 Å². The van der Waals surface area contributed by atoms with Gasteiger partial charge in [0.05, 0.1) is 16.1 Å². The third kappa shape index (κ3) is 4.49. The minimum atomic E-state index is -0.737. The number of rotatable bonds is 5. The van der Waals surface area contributed by atoms with Crippen molar-refractivity contribution in [2.45, 2.75) is 31.8 Å². The van der Waals surface area contributed by atoms with E-state index < -0.39 is 12.0 Å². The van der Waals surface area contributed by atoms with Crippen LogP contribution in [0.4, 0.5) is 0 Å². The molecule has 1 fully saturated rings. The smallest absolute Gasteiger partial charge is 0.328 e. The average Bonchev–Trinajstić information content (AvgIpc) is 3.10. The summed E-state index contributed by atoms with van der Waals surface area (Å²) in [6, 6.07) is 1.96. The lowest BCUT2D eigenvalue weighted by Gasteiger charge is -2.25. The molecule has 1 saturated heterocycles. The van der Waals surface area contributed by atoms with Crippen molar-refractivity contribution in [3.8, 4) is 23.0 Å². The number of phenolic OH excluding ortho intramolecular Hbond substituents is 4. The Morgan fingerprint density at radius 1 is 1.03 bits per heavy atom. The van der Waals surface area contributed by atoms with E-state index in [0.717, 1.165) is 0 Å². The first-order valence-electron chi connectivity index (χ1n) is 9.05. The number of nitrogens with zero attached hydrogens (tertiary/aromatic N) is 1. The van der Waals surface area contributed by atoms with Gasteiger partial charge in [0.25, 0.3) is 0 Å². The summed E-state index contributed by atoms with van der Waals surface area (Å²) in [6.07, 6.45) is 0.683. The Hall–Kier alpha value is -1.98. The number of hydrogen-bond acceptors (Lipinski definition) is 7. The first kappa shape index (κ1) is 23.7. The zero-order chi connectivity index (χ0) is 23.0. The van der Waals surface area contributed by atoms with Crippen LogP contribution in [-0.2, 0) is 27.3 Å². The summed E-state index contributed by atoms with van der Waals surface area (Å²) < 4.78 is 5.75. The summed E-state index contributed by atoms with van der Waals surface area (Å²) in [5, 5.41) is 40.3. The quantitative estimate of drug-likeness (QED) is 0.292. The van der Waals surface area contributed by atoms with E-state index in [4.69, 9.17) is 4.74 Å². The van der Waals surface area contributed by atoms with E-state index >= 15 is 0 Å². The minimum Gasteiger partial charge on any atom is -0.504 e. The summed E-state index contributed by atoms with van der Waals surface area (Å²) >= 11 is 9.87. The van der Waals surface area contributed by atoms with Gasteiger partial charge in [-0.2, -0.15) is 0 Å². The van der Waals surface area contributed by atoms with Gasteiger partial charge in [0.2, 0.25) is 5.91 Å². The highest BCUT2D eigenvalue weighted by atomic mass is 79.9. The molecule has 166 valence electrons. The fourth-order valence-electron chi connectivity index (χ4n) is 3.52. The van der Waals surface area contributed by atoms with Crippen molar-refractivity contribution in [2.75, 3.05) is 7.11 Å². The molecule has 0 radical (unpaired) electrons. The number of carbonyl (C=O) groups excluding carboxylic acids is 2. The van der Waals surface area contributed by atoms with Gasteiger partial charge in [-0.05, 0) is 83.0 Å². The second-order valence-corrected chi connectivity index (χ2v) is 9.38. The van der Waals surface area contributed by atoms with Crippen LogP contribution in [0.3, 0.4) is 0 Å². The first-order valence-corrected chi connectivity index (χ1v) is 11.4. The predicted molar refractivity (Wildman–Crippen MR) is 121 cm³/mol. The zero-order valence-electron chi connectivity index (χ0n) is 16.2. The molecule has 0 saturated carbocycles. The standard InChI is InChI=1S/C20H18Br3NO7/c1-31-20(30)11-2-3-14(27)24(11)7-9-6-13(26)18(28)16(22)10(9)4-8-5-12(25)19(29)17(23)15(8)21/h5-6,11,25-26,28-29H,2-4,7H2,1H3/t11-/m0/s1. The number of halogens is 3. The van der Waals surface area contributed by atoms with E-state index in [9.17, 15) is 30.0 Å². The van der Waals surface area contributed by atoms with Crippen molar-refractivity contribution >= 4 is 59.7 Å². The Morgan fingerprint density at radius 3 is 2.23 bits per heavy atom. The SMILES string of the molecule is COC(=O)[C@@H]1CCC(=O)N1Cc1cc(O)c(O)c(Br)c1Cc1cc(O)c(O)c(Br)c1Br. The summed E-state index contributed by atoms with van der Waals surface area (Å²) in [7, 11) is 1.25. The molecule has 1 aliphatic rings. The summed E-state index contributed by atoms with van der Waals surface area (Å²) in [6.45, 7) is 0.00320. The van der Waals surface area contributed by atoms with Gasteiger partial charge in [0, 0.05) is 23.9 Å². The molecule has 1 aliphatic heterocycles. The van der Waals surface area contributed by atoms with E-state index in [2.05, 4.69) is 47.8 Å². The van der Waals surface area contributed by atoms with Gasteiger partial charge in [-0.15, -0.1) is 0 Å². The number of aromatic hydroxyl groups is 4. The Labute approximate surface area is 202 Å². The van der Waals surface area contributed by atoms with Crippen LogP contribution < -0.4 is 0 Å². The normalized spacial score (nSPS) is 16.1. The van der Waals surface area contributed by atoms with Gasteiger partial charge in [-0.1, -0.05) is 0 Å². The Balaban J connectivity index is 2.07. The monoisotopic (exact) mass is 621 g/mol. The number of esters is 1. The van der Waals surface area contributed by atoms with Crippen molar-refractivity contribution in [3.05, 3.63) is 42.2 Å². The summed E-state index contributed by atoms with van der Waals surface area (Å²) in [5.74, 6) is -2.19. The van der Waals surface area contributed by atoms with E-state index in [0.29, 0.717) is 27.6 Å². The maximum Gasteiger partial charge on any atom is 0.328 e. The number of benzene rings is 2. The summed E-state index contributed by atoms with van der Waals surface area (Å²) in [4.78, 5) is 25.9. The largest absolute Gasteiger partial charge is 0.504 e. The molecule has 0 aromatic heterocycles. The van der Waals surface area contributed by atoms with Gasteiger partial charge in [0.1, 0.15) is 6.04 Å². The maximum absolute atomic E-state index is 12.4. The fraction of sp³-hybridized carbons (Fsp3) is 0.300. The van der Waals surface area contributed by atoms with Crippen LogP contribution in [0.5, 0.6) is 23.0 Å². The molecule has 2 aromatic carbocycles. The predicted octanol–water partition coefficient (Wildman–Crippen LogP) is 4.05. The van der Waals surface area contributed by atoms with Crippen LogP contribution >= 0.6 is 47.8 Å². The second kappa shape index (κ2) is 9.25. The molecule has 0 aliphatic carbocycles. The molecule has 11 heteroatoms. The molecule has 1 amide bonds. The molecule has 4 N–H and O–H groups in total. The highest BCUT2D eigenvalue weighted by Crippen LogP contribution is 2.45. The van der Waals surface area contributed by atoms with Gasteiger partial charge < -0.3 is 30.1 Å². The van der Waals surface area contributed by atoms with Crippen LogP contribution in [0.25, 0.3) is 0 Å². The first-order chi connectivity index (χ1) is 14.6. The van der Waals surface area contributed by atoms with Gasteiger partial charge in [-0.3, -0.25) is 4.79 Å². The average molecular weight is 624 g/mol. The lowest BCUT2D eigenvalue weighted by Crippen LogP contribution is -2.38. The third-order valence-electron chi connectivity index (χ3n) is 5.16. The van der Waals surface area contributed by atoms with Crippen molar-refractivity contribution in [1.29, 1.82) is 0 Å². The zero-order valence-corrected chi connectivity index (χ0v) is 20.9. The van der Waals surface area contributed by atoms with Crippen LogP contribution in [0, 0.1) is 0 Å².